The minimum absolute atomic E-state index is 0. The number of rotatable bonds is 9. The van der Waals surface area contributed by atoms with Crippen LogP contribution in [0.25, 0.3) is 0 Å². The standard InChI is InChI=1S/C18H32N4O.HI/c1-6-22(7-2)12-13-23-17-11-9-8-10-16(17)14-20-18(19-5)21-15(3)4;/h8-11,15H,6-7,12-14H2,1-5H3,(H2,19,20,21);1H. The zero-order valence-electron chi connectivity index (χ0n) is 15.6. The van der Waals surface area contributed by atoms with Gasteiger partial charge in [0, 0.05) is 31.7 Å². The molecule has 0 heterocycles. The Labute approximate surface area is 164 Å². The molecular formula is C18H33IN4O. The maximum Gasteiger partial charge on any atom is 0.191 e. The highest BCUT2D eigenvalue weighted by molar-refractivity contribution is 14.0. The summed E-state index contributed by atoms with van der Waals surface area (Å²) in [7, 11) is 1.78. The molecule has 0 aromatic heterocycles. The molecule has 0 aliphatic rings. The second-order valence-corrected chi connectivity index (χ2v) is 5.71. The van der Waals surface area contributed by atoms with Gasteiger partial charge in [0.05, 0.1) is 0 Å². The molecule has 0 aliphatic heterocycles. The van der Waals surface area contributed by atoms with Crippen molar-refractivity contribution in [3.63, 3.8) is 0 Å². The van der Waals surface area contributed by atoms with Crippen LogP contribution in [0.1, 0.15) is 33.3 Å². The van der Waals surface area contributed by atoms with Crippen LogP contribution in [0.5, 0.6) is 5.75 Å². The number of halogens is 1. The number of likely N-dealkylation sites (N-methyl/N-ethyl adjacent to an activating group) is 1. The smallest absolute Gasteiger partial charge is 0.191 e. The average Bonchev–Trinajstić information content (AvgIpc) is 2.56. The van der Waals surface area contributed by atoms with Gasteiger partial charge in [-0.2, -0.15) is 0 Å². The van der Waals surface area contributed by atoms with E-state index in [1.165, 1.54) is 0 Å². The first-order chi connectivity index (χ1) is 11.1. The van der Waals surface area contributed by atoms with Crippen molar-refractivity contribution >= 4 is 29.9 Å². The van der Waals surface area contributed by atoms with Gasteiger partial charge in [-0.05, 0) is 33.0 Å². The number of aliphatic imine (C=N–C) groups is 1. The summed E-state index contributed by atoms with van der Waals surface area (Å²) in [5, 5.41) is 6.61. The number of hydrogen-bond donors (Lipinski definition) is 2. The molecule has 0 aliphatic carbocycles. The molecule has 0 unspecified atom stereocenters. The second kappa shape index (κ2) is 13.3. The molecule has 24 heavy (non-hydrogen) atoms. The first kappa shape index (κ1) is 23.0. The molecule has 0 bridgehead atoms. The molecule has 138 valence electrons. The first-order valence-electron chi connectivity index (χ1n) is 8.50. The monoisotopic (exact) mass is 448 g/mol. The molecule has 6 heteroatoms. The molecule has 1 rings (SSSR count). The van der Waals surface area contributed by atoms with Crippen molar-refractivity contribution in [1.29, 1.82) is 0 Å². The number of nitrogens with zero attached hydrogens (tertiary/aromatic N) is 2. The Morgan fingerprint density at radius 2 is 1.88 bits per heavy atom. The zero-order valence-corrected chi connectivity index (χ0v) is 18.0. The lowest BCUT2D eigenvalue weighted by atomic mass is 10.2. The number of ether oxygens (including phenoxy) is 1. The zero-order chi connectivity index (χ0) is 17.1. The van der Waals surface area contributed by atoms with Gasteiger partial charge in [0.1, 0.15) is 12.4 Å². The van der Waals surface area contributed by atoms with Crippen molar-refractivity contribution in [2.75, 3.05) is 33.3 Å². The number of hydrogen-bond acceptors (Lipinski definition) is 3. The van der Waals surface area contributed by atoms with Gasteiger partial charge in [0.2, 0.25) is 0 Å². The number of para-hydroxylation sites is 1. The maximum absolute atomic E-state index is 5.98. The Balaban J connectivity index is 0.00000529. The summed E-state index contributed by atoms with van der Waals surface area (Å²) < 4.78 is 5.98. The van der Waals surface area contributed by atoms with E-state index >= 15 is 0 Å². The van der Waals surface area contributed by atoms with Crippen molar-refractivity contribution in [2.24, 2.45) is 4.99 Å². The van der Waals surface area contributed by atoms with Crippen molar-refractivity contribution < 1.29 is 4.74 Å². The third-order valence-electron chi connectivity index (χ3n) is 3.63. The van der Waals surface area contributed by atoms with E-state index in [0.29, 0.717) is 19.2 Å². The van der Waals surface area contributed by atoms with Crippen molar-refractivity contribution in [2.45, 2.75) is 40.3 Å². The van der Waals surface area contributed by atoms with E-state index in [1.807, 2.05) is 18.2 Å². The van der Waals surface area contributed by atoms with Gasteiger partial charge in [-0.1, -0.05) is 32.0 Å². The number of guanidine groups is 1. The molecule has 1 aromatic carbocycles. The van der Waals surface area contributed by atoms with Crippen LogP contribution in [-0.2, 0) is 6.54 Å². The van der Waals surface area contributed by atoms with Crippen molar-refractivity contribution in [3.05, 3.63) is 29.8 Å². The highest BCUT2D eigenvalue weighted by Gasteiger charge is 2.06. The summed E-state index contributed by atoms with van der Waals surface area (Å²) in [5.41, 5.74) is 1.14. The average molecular weight is 448 g/mol. The minimum Gasteiger partial charge on any atom is -0.492 e. The van der Waals surface area contributed by atoms with E-state index in [1.54, 1.807) is 7.05 Å². The molecule has 0 spiro atoms. The second-order valence-electron chi connectivity index (χ2n) is 5.71. The predicted molar refractivity (Wildman–Crippen MR) is 114 cm³/mol. The summed E-state index contributed by atoms with van der Waals surface area (Å²) in [6.45, 7) is 13.0. The van der Waals surface area contributed by atoms with Crippen LogP contribution in [0, 0.1) is 0 Å². The molecule has 0 radical (unpaired) electrons. The van der Waals surface area contributed by atoms with E-state index < -0.39 is 0 Å². The van der Waals surface area contributed by atoms with Crippen molar-refractivity contribution in [1.82, 2.24) is 15.5 Å². The summed E-state index contributed by atoms with van der Waals surface area (Å²) in [6.07, 6.45) is 0. The molecule has 1 aromatic rings. The van der Waals surface area contributed by atoms with Gasteiger partial charge < -0.3 is 20.3 Å². The topological polar surface area (TPSA) is 48.9 Å². The maximum atomic E-state index is 5.98. The Hall–Kier alpha value is -1.02. The van der Waals surface area contributed by atoms with Gasteiger partial charge in [-0.15, -0.1) is 24.0 Å². The minimum atomic E-state index is 0. The molecule has 2 N–H and O–H groups in total. The highest BCUT2D eigenvalue weighted by atomic mass is 127. The molecule has 0 saturated carbocycles. The third kappa shape index (κ3) is 8.73. The van der Waals surface area contributed by atoms with Crippen LogP contribution < -0.4 is 15.4 Å². The molecule has 0 fully saturated rings. The van der Waals surface area contributed by atoms with Gasteiger partial charge in [0.15, 0.2) is 5.96 Å². The number of benzene rings is 1. The van der Waals surface area contributed by atoms with Crippen LogP contribution in [0.2, 0.25) is 0 Å². The van der Waals surface area contributed by atoms with Gasteiger partial charge in [-0.3, -0.25) is 4.99 Å². The van der Waals surface area contributed by atoms with Gasteiger partial charge in [0.25, 0.3) is 0 Å². The predicted octanol–water partition coefficient (Wildman–Crippen LogP) is 3.10. The van der Waals surface area contributed by atoms with Crippen LogP contribution in [-0.4, -0.2) is 50.2 Å². The lowest BCUT2D eigenvalue weighted by Gasteiger charge is -2.19. The Kier molecular flexibility index (Phi) is 12.7. The van der Waals surface area contributed by atoms with E-state index in [0.717, 1.165) is 36.9 Å². The lowest BCUT2D eigenvalue weighted by Crippen LogP contribution is -2.40. The van der Waals surface area contributed by atoms with E-state index in [4.69, 9.17) is 4.74 Å². The van der Waals surface area contributed by atoms with Crippen molar-refractivity contribution in [3.8, 4) is 5.75 Å². The van der Waals surface area contributed by atoms with Crippen LogP contribution >= 0.6 is 24.0 Å². The third-order valence-corrected chi connectivity index (χ3v) is 3.63. The van der Waals surface area contributed by atoms with Gasteiger partial charge in [-0.25, -0.2) is 0 Å². The first-order valence-corrected chi connectivity index (χ1v) is 8.50. The quantitative estimate of drug-likeness (QED) is 0.346. The van der Waals surface area contributed by atoms with E-state index in [9.17, 15) is 0 Å². The fourth-order valence-corrected chi connectivity index (χ4v) is 2.26. The normalized spacial score (nSPS) is 11.4. The van der Waals surface area contributed by atoms with Crippen LogP contribution in [0.15, 0.2) is 29.3 Å². The SMILES string of the molecule is CCN(CC)CCOc1ccccc1CNC(=NC)NC(C)C.I. The van der Waals surface area contributed by atoms with Crippen LogP contribution in [0.3, 0.4) is 0 Å². The van der Waals surface area contributed by atoms with Crippen LogP contribution in [0.4, 0.5) is 0 Å². The summed E-state index contributed by atoms with van der Waals surface area (Å²) in [4.78, 5) is 6.58. The largest absolute Gasteiger partial charge is 0.492 e. The Morgan fingerprint density at radius 3 is 2.46 bits per heavy atom. The molecule has 5 nitrogen and oxygen atoms in total. The Bertz CT molecular complexity index is 476. The van der Waals surface area contributed by atoms with E-state index in [2.05, 4.69) is 54.3 Å². The fourth-order valence-electron chi connectivity index (χ4n) is 2.26. The molecule has 0 saturated heterocycles. The fraction of sp³-hybridized carbons (Fsp3) is 0.611. The Morgan fingerprint density at radius 1 is 1.21 bits per heavy atom. The van der Waals surface area contributed by atoms with Gasteiger partial charge >= 0.3 is 0 Å². The van der Waals surface area contributed by atoms with E-state index in [-0.39, 0.29) is 24.0 Å². The lowest BCUT2D eigenvalue weighted by molar-refractivity contribution is 0.221. The molecular weight excluding hydrogens is 415 g/mol. The molecule has 0 atom stereocenters. The summed E-state index contributed by atoms with van der Waals surface area (Å²) >= 11 is 0. The summed E-state index contributed by atoms with van der Waals surface area (Å²) in [6, 6.07) is 8.51. The highest BCUT2D eigenvalue weighted by Crippen LogP contribution is 2.17. The number of nitrogens with one attached hydrogen (secondary N) is 2. The summed E-state index contributed by atoms with van der Waals surface area (Å²) in [5.74, 6) is 1.74. The molecule has 0 amide bonds.